The Morgan fingerprint density at radius 1 is 1.22 bits per heavy atom. The van der Waals surface area contributed by atoms with E-state index < -0.39 is 5.60 Å². The molecule has 2 atom stereocenters. The molecule has 2 N–H and O–H groups in total. The third-order valence-corrected chi connectivity index (χ3v) is 4.28. The fourth-order valence-corrected chi connectivity index (χ4v) is 3.07. The van der Waals surface area contributed by atoms with Gasteiger partial charge in [0, 0.05) is 18.6 Å². The zero-order chi connectivity index (χ0) is 17.0. The van der Waals surface area contributed by atoms with Crippen molar-refractivity contribution in [2.45, 2.75) is 78.1 Å². The largest absolute Gasteiger partial charge is 0.444 e. The fraction of sp³-hybridized carbons (Fsp3) is 0.632. The maximum atomic E-state index is 12.0. The molecule has 1 fully saturated rings. The van der Waals surface area contributed by atoms with Gasteiger partial charge in [0.1, 0.15) is 5.60 Å². The van der Waals surface area contributed by atoms with Crippen molar-refractivity contribution in [2.75, 3.05) is 0 Å². The molecule has 1 aromatic rings. The van der Waals surface area contributed by atoms with Crippen LogP contribution in [0.4, 0.5) is 4.79 Å². The number of hydrogen-bond donors (Lipinski definition) is 2. The molecule has 23 heavy (non-hydrogen) atoms. The molecule has 2 rings (SSSR count). The van der Waals surface area contributed by atoms with E-state index >= 15 is 0 Å². The first-order valence-corrected chi connectivity index (χ1v) is 8.53. The number of hydrogen-bond acceptors (Lipinski definition) is 3. The molecule has 0 aliphatic heterocycles. The summed E-state index contributed by atoms with van der Waals surface area (Å²) >= 11 is 0. The van der Waals surface area contributed by atoms with Crippen LogP contribution in [0.1, 0.15) is 56.7 Å². The van der Waals surface area contributed by atoms with Gasteiger partial charge in [0.15, 0.2) is 0 Å². The molecule has 0 heterocycles. The van der Waals surface area contributed by atoms with Crippen LogP contribution in [0.25, 0.3) is 0 Å². The van der Waals surface area contributed by atoms with E-state index in [1.54, 1.807) is 0 Å². The summed E-state index contributed by atoms with van der Waals surface area (Å²) in [6.07, 6.45) is 2.91. The topological polar surface area (TPSA) is 50.4 Å². The van der Waals surface area contributed by atoms with Crippen LogP contribution < -0.4 is 10.6 Å². The van der Waals surface area contributed by atoms with Crippen molar-refractivity contribution in [3.05, 3.63) is 34.9 Å². The van der Waals surface area contributed by atoms with Crippen LogP contribution in [0.15, 0.2) is 18.2 Å². The minimum Gasteiger partial charge on any atom is -0.444 e. The molecule has 0 saturated heterocycles. The summed E-state index contributed by atoms with van der Waals surface area (Å²) in [4.78, 5) is 12.0. The Labute approximate surface area is 140 Å². The number of aryl methyl sites for hydroxylation is 2. The first kappa shape index (κ1) is 17.8. The maximum absolute atomic E-state index is 12.0. The molecule has 2 unspecified atom stereocenters. The Kier molecular flexibility index (Phi) is 5.69. The van der Waals surface area contributed by atoms with Gasteiger partial charge in [-0.1, -0.05) is 23.8 Å². The monoisotopic (exact) mass is 318 g/mol. The Balaban J connectivity index is 1.89. The van der Waals surface area contributed by atoms with E-state index in [1.807, 2.05) is 20.8 Å². The third-order valence-electron chi connectivity index (χ3n) is 4.28. The lowest BCUT2D eigenvalue weighted by atomic mass is 10.0. The van der Waals surface area contributed by atoms with Crippen LogP contribution in [0.5, 0.6) is 0 Å². The van der Waals surface area contributed by atoms with Crippen LogP contribution in [0.3, 0.4) is 0 Å². The summed E-state index contributed by atoms with van der Waals surface area (Å²) in [6, 6.07) is 6.99. The average Bonchev–Trinajstić information content (AvgIpc) is 2.85. The summed E-state index contributed by atoms with van der Waals surface area (Å²) in [5.41, 5.74) is 3.46. The van der Waals surface area contributed by atoms with Gasteiger partial charge in [-0.2, -0.15) is 0 Å². The zero-order valence-corrected chi connectivity index (χ0v) is 15.0. The molecule has 1 aliphatic carbocycles. The molecule has 0 aromatic heterocycles. The summed E-state index contributed by atoms with van der Waals surface area (Å²) in [6.45, 7) is 10.8. The number of benzene rings is 1. The summed E-state index contributed by atoms with van der Waals surface area (Å²) < 4.78 is 5.37. The molecular weight excluding hydrogens is 288 g/mol. The summed E-state index contributed by atoms with van der Waals surface area (Å²) in [7, 11) is 0. The zero-order valence-electron chi connectivity index (χ0n) is 15.0. The second-order valence-electron chi connectivity index (χ2n) is 7.60. The quantitative estimate of drug-likeness (QED) is 0.887. The molecule has 1 aliphatic rings. The SMILES string of the molecule is Cc1ccc(C)c(CNC2CCCC2NC(=O)OC(C)(C)C)c1. The third kappa shape index (κ3) is 5.54. The highest BCUT2D eigenvalue weighted by Crippen LogP contribution is 2.21. The van der Waals surface area contributed by atoms with E-state index in [0.29, 0.717) is 6.04 Å². The van der Waals surface area contributed by atoms with E-state index in [-0.39, 0.29) is 12.1 Å². The predicted octanol–water partition coefficient (Wildman–Crippen LogP) is 3.84. The van der Waals surface area contributed by atoms with Crippen molar-refractivity contribution < 1.29 is 9.53 Å². The lowest BCUT2D eigenvalue weighted by Gasteiger charge is -2.25. The summed E-state index contributed by atoms with van der Waals surface area (Å²) in [5, 5.41) is 6.64. The van der Waals surface area contributed by atoms with Crippen molar-refractivity contribution >= 4 is 6.09 Å². The average molecular weight is 318 g/mol. The number of carbonyl (C=O) groups is 1. The second kappa shape index (κ2) is 7.35. The summed E-state index contributed by atoms with van der Waals surface area (Å²) in [5.74, 6) is 0. The first-order valence-electron chi connectivity index (χ1n) is 8.53. The van der Waals surface area contributed by atoms with Gasteiger partial charge < -0.3 is 15.4 Å². The fourth-order valence-electron chi connectivity index (χ4n) is 3.07. The Morgan fingerprint density at radius 3 is 2.61 bits per heavy atom. The number of carbonyl (C=O) groups excluding carboxylic acids is 1. The van der Waals surface area contributed by atoms with Gasteiger partial charge in [-0.05, 0) is 65.0 Å². The smallest absolute Gasteiger partial charge is 0.407 e. The van der Waals surface area contributed by atoms with Crippen LogP contribution in [0, 0.1) is 13.8 Å². The second-order valence-corrected chi connectivity index (χ2v) is 7.60. The first-order chi connectivity index (χ1) is 10.7. The molecule has 1 amide bonds. The highest BCUT2D eigenvalue weighted by Gasteiger charge is 2.29. The molecule has 0 radical (unpaired) electrons. The number of alkyl carbamates (subject to hydrolysis) is 1. The van der Waals surface area contributed by atoms with Gasteiger partial charge >= 0.3 is 6.09 Å². The minimum absolute atomic E-state index is 0.148. The number of amides is 1. The molecule has 4 nitrogen and oxygen atoms in total. The van der Waals surface area contributed by atoms with Crippen LogP contribution in [-0.4, -0.2) is 23.8 Å². The van der Waals surface area contributed by atoms with Gasteiger partial charge in [-0.15, -0.1) is 0 Å². The van der Waals surface area contributed by atoms with E-state index in [0.717, 1.165) is 25.8 Å². The van der Waals surface area contributed by atoms with Crippen molar-refractivity contribution in [3.63, 3.8) is 0 Å². The standard InChI is InChI=1S/C19H30N2O2/c1-13-9-10-14(2)15(11-13)12-20-16-7-6-8-17(16)21-18(22)23-19(3,4)5/h9-11,16-17,20H,6-8,12H2,1-5H3,(H,21,22). The number of nitrogens with one attached hydrogen (secondary N) is 2. The number of rotatable bonds is 4. The van der Waals surface area contributed by atoms with E-state index in [2.05, 4.69) is 42.7 Å². The normalized spacial score (nSPS) is 21.3. The van der Waals surface area contributed by atoms with Gasteiger partial charge in [0.25, 0.3) is 0 Å². The highest BCUT2D eigenvalue weighted by atomic mass is 16.6. The lowest BCUT2D eigenvalue weighted by Crippen LogP contribution is -2.47. The van der Waals surface area contributed by atoms with Crippen molar-refractivity contribution in [3.8, 4) is 0 Å². The van der Waals surface area contributed by atoms with Crippen molar-refractivity contribution in [1.29, 1.82) is 0 Å². The Hall–Kier alpha value is -1.55. The molecular formula is C19H30N2O2. The van der Waals surface area contributed by atoms with Gasteiger partial charge in [-0.3, -0.25) is 0 Å². The van der Waals surface area contributed by atoms with Gasteiger partial charge in [0.2, 0.25) is 0 Å². The molecule has 0 spiro atoms. The van der Waals surface area contributed by atoms with E-state index in [4.69, 9.17) is 4.74 Å². The molecule has 1 saturated carbocycles. The maximum Gasteiger partial charge on any atom is 0.407 e. The van der Waals surface area contributed by atoms with Gasteiger partial charge in [0.05, 0.1) is 0 Å². The van der Waals surface area contributed by atoms with E-state index in [9.17, 15) is 4.79 Å². The molecule has 128 valence electrons. The molecule has 0 bridgehead atoms. The lowest BCUT2D eigenvalue weighted by molar-refractivity contribution is 0.0498. The predicted molar refractivity (Wildman–Crippen MR) is 93.6 cm³/mol. The minimum atomic E-state index is -0.454. The Morgan fingerprint density at radius 2 is 1.91 bits per heavy atom. The van der Waals surface area contributed by atoms with Crippen LogP contribution in [0.2, 0.25) is 0 Å². The van der Waals surface area contributed by atoms with Crippen molar-refractivity contribution in [2.24, 2.45) is 0 Å². The van der Waals surface area contributed by atoms with Crippen LogP contribution in [-0.2, 0) is 11.3 Å². The van der Waals surface area contributed by atoms with Crippen LogP contribution >= 0.6 is 0 Å². The van der Waals surface area contributed by atoms with Gasteiger partial charge in [-0.25, -0.2) is 4.79 Å². The molecule has 4 heteroatoms. The van der Waals surface area contributed by atoms with Crippen molar-refractivity contribution in [1.82, 2.24) is 10.6 Å². The van der Waals surface area contributed by atoms with E-state index in [1.165, 1.54) is 16.7 Å². The Bertz CT molecular complexity index is 549. The highest BCUT2D eigenvalue weighted by molar-refractivity contribution is 5.68. The molecule has 1 aromatic carbocycles. The number of ether oxygens (including phenoxy) is 1.